The van der Waals surface area contributed by atoms with Gasteiger partial charge in [-0.1, -0.05) is 0 Å². The third kappa shape index (κ3) is 7.10. The number of esters is 2. The zero-order chi connectivity index (χ0) is 26.1. The van der Waals surface area contributed by atoms with Crippen molar-refractivity contribution in [3.05, 3.63) is 69.8 Å². The van der Waals surface area contributed by atoms with Gasteiger partial charge in [-0.15, -0.1) is 0 Å². The number of benzene rings is 2. The van der Waals surface area contributed by atoms with E-state index < -0.39 is 52.5 Å². The number of carboxylic acids is 4. The van der Waals surface area contributed by atoms with Gasteiger partial charge in [-0.05, 0) is 36.4 Å². The number of carboxylic acid groups (broad SMARTS) is 4. The number of ether oxygens (including phenoxy) is 3. The third-order valence-electron chi connectivity index (χ3n) is 4.36. The monoisotopic (exact) mass is 490 g/mol. The molecule has 0 unspecified atom stereocenters. The lowest BCUT2D eigenvalue weighted by molar-refractivity contribution is 0.0147. The minimum absolute atomic E-state index is 0.173. The largest absolute Gasteiger partial charge is 0.478 e. The Hall–Kier alpha value is -4.78. The topological polar surface area (TPSA) is 211 Å². The molecular formula is C22H18O13. The van der Waals surface area contributed by atoms with E-state index >= 15 is 0 Å². The molecule has 0 saturated carbocycles. The molecule has 0 amide bonds. The van der Waals surface area contributed by atoms with Crippen molar-refractivity contribution in [3.8, 4) is 0 Å². The maximum atomic E-state index is 12.1. The van der Waals surface area contributed by atoms with E-state index in [4.69, 9.17) is 29.5 Å². The lowest BCUT2D eigenvalue weighted by Crippen LogP contribution is -2.18. The molecule has 0 saturated heterocycles. The second-order valence-electron chi connectivity index (χ2n) is 6.63. The van der Waals surface area contributed by atoms with E-state index in [0.717, 1.165) is 36.4 Å². The summed E-state index contributed by atoms with van der Waals surface area (Å²) in [5.74, 6) is -7.79. The van der Waals surface area contributed by atoms with Gasteiger partial charge in [0.05, 0.1) is 46.6 Å². The van der Waals surface area contributed by atoms with Crippen LogP contribution in [0.4, 0.5) is 0 Å². The van der Waals surface area contributed by atoms with E-state index in [9.17, 15) is 33.9 Å². The van der Waals surface area contributed by atoms with Gasteiger partial charge in [-0.25, -0.2) is 28.8 Å². The molecule has 0 aliphatic carbocycles. The SMILES string of the molecule is O=C(O)c1ccc(C(=O)OCCOCCOC(=O)c2cc(C(=O)O)ccc2C(=O)O)c(C(=O)O)c1. The molecule has 0 aliphatic rings. The Balaban J connectivity index is 1.83. The van der Waals surface area contributed by atoms with E-state index in [2.05, 4.69) is 0 Å². The molecule has 2 aromatic carbocycles. The molecule has 0 bridgehead atoms. The van der Waals surface area contributed by atoms with Gasteiger partial charge in [-0.2, -0.15) is 0 Å². The zero-order valence-electron chi connectivity index (χ0n) is 17.8. The lowest BCUT2D eigenvalue weighted by atomic mass is 10.0. The van der Waals surface area contributed by atoms with Crippen LogP contribution in [0.15, 0.2) is 36.4 Å². The highest BCUT2D eigenvalue weighted by molar-refractivity contribution is 6.05. The van der Waals surface area contributed by atoms with Crippen LogP contribution in [0.3, 0.4) is 0 Å². The molecule has 4 N–H and O–H groups in total. The highest BCUT2D eigenvalue weighted by Gasteiger charge is 2.21. The Bertz CT molecular complexity index is 1180. The van der Waals surface area contributed by atoms with Gasteiger partial charge in [0.15, 0.2) is 0 Å². The fraction of sp³-hybridized carbons (Fsp3) is 0.182. The van der Waals surface area contributed by atoms with Gasteiger partial charge in [-0.3, -0.25) is 0 Å². The Kier molecular flexibility index (Phi) is 9.00. The van der Waals surface area contributed by atoms with Crippen LogP contribution >= 0.6 is 0 Å². The molecule has 0 heterocycles. The van der Waals surface area contributed by atoms with Crippen LogP contribution in [0.5, 0.6) is 0 Å². The first-order valence-corrected chi connectivity index (χ1v) is 9.66. The van der Waals surface area contributed by atoms with Crippen molar-refractivity contribution in [3.63, 3.8) is 0 Å². The molecule has 0 spiro atoms. The number of rotatable bonds is 12. The van der Waals surface area contributed by atoms with Crippen molar-refractivity contribution in [2.45, 2.75) is 0 Å². The summed E-state index contributed by atoms with van der Waals surface area (Å²) < 4.78 is 14.9. The van der Waals surface area contributed by atoms with Crippen LogP contribution < -0.4 is 0 Å². The molecule has 2 aromatic rings. The summed E-state index contributed by atoms with van der Waals surface area (Å²) in [4.78, 5) is 68.8. The number of hydrogen-bond acceptors (Lipinski definition) is 9. The van der Waals surface area contributed by atoms with Crippen molar-refractivity contribution in [2.75, 3.05) is 26.4 Å². The minimum atomic E-state index is -1.52. The maximum absolute atomic E-state index is 12.1. The standard InChI is InChI=1S/C22H18O13/c23-17(24)11-2-4-14(15(9-11)20(29)30)21(31)34-7-5-33-6-8-35-22(32)16-10-12(18(25)26)1-3-13(16)19(27)28/h1-4,9-10H,5-8H2,(H,23,24)(H,25,26)(H,27,28)(H,29,30). The second-order valence-corrected chi connectivity index (χ2v) is 6.63. The van der Waals surface area contributed by atoms with Crippen LogP contribution in [0.2, 0.25) is 0 Å². The molecule has 13 nitrogen and oxygen atoms in total. The van der Waals surface area contributed by atoms with Crippen molar-refractivity contribution < 1.29 is 63.4 Å². The minimum Gasteiger partial charge on any atom is -0.478 e. The molecule has 0 aliphatic heterocycles. The van der Waals surface area contributed by atoms with Crippen molar-refractivity contribution in [2.24, 2.45) is 0 Å². The van der Waals surface area contributed by atoms with Gasteiger partial charge in [0.1, 0.15) is 13.2 Å². The number of carbonyl (C=O) groups excluding carboxylic acids is 2. The summed E-state index contributed by atoms with van der Waals surface area (Å²) in [5.41, 5.74) is -2.41. The summed E-state index contributed by atoms with van der Waals surface area (Å²) >= 11 is 0. The Labute approximate surface area is 196 Å². The van der Waals surface area contributed by atoms with E-state index in [1.54, 1.807) is 0 Å². The normalized spacial score (nSPS) is 10.3. The molecule has 0 atom stereocenters. The fourth-order valence-electron chi connectivity index (χ4n) is 2.71. The van der Waals surface area contributed by atoms with Crippen LogP contribution in [-0.2, 0) is 14.2 Å². The third-order valence-corrected chi connectivity index (χ3v) is 4.36. The van der Waals surface area contributed by atoms with E-state index in [1.165, 1.54) is 0 Å². The summed E-state index contributed by atoms with van der Waals surface area (Å²) in [5, 5.41) is 36.2. The van der Waals surface area contributed by atoms with Crippen LogP contribution in [0, 0.1) is 0 Å². The first-order chi connectivity index (χ1) is 16.5. The number of carbonyl (C=O) groups is 6. The molecule has 184 valence electrons. The highest BCUT2D eigenvalue weighted by Crippen LogP contribution is 2.15. The smallest absolute Gasteiger partial charge is 0.339 e. The Morgan fingerprint density at radius 3 is 1.40 bits per heavy atom. The summed E-state index contributed by atoms with van der Waals surface area (Å²) in [6.45, 7) is -0.995. The quantitative estimate of drug-likeness (QED) is 0.246. The molecule has 2 rings (SSSR count). The molecular weight excluding hydrogens is 472 g/mol. The van der Waals surface area contributed by atoms with Crippen molar-refractivity contribution >= 4 is 35.8 Å². The molecule has 35 heavy (non-hydrogen) atoms. The zero-order valence-corrected chi connectivity index (χ0v) is 17.8. The van der Waals surface area contributed by atoms with E-state index in [0.29, 0.717) is 0 Å². The average Bonchev–Trinajstić information content (AvgIpc) is 2.81. The second kappa shape index (κ2) is 11.9. The fourth-order valence-corrected chi connectivity index (χ4v) is 2.71. The van der Waals surface area contributed by atoms with Crippen LogP contribution in [0.1, 0.15) is 62.1 Å². The highest BCUT2D eigenvalue weighted by atomic mass is 16.6. The van der Waals surface area contributed by atoms with Crippen molar-refractivity contribution in [1.29, 1.82) is 0 Å². The van der Waals surface area contributed by atoms with Crippen LogP contribution in [0.25, 0.3) is 0 Å². The predicted molar refractivity (Wildman–Crippen MR) is 112 cm³/mol. The Morgan fingerprint density at radius 1 is 0.514 bits per heavy atom. The summed E-state index contributed by atoms with van der Waals surface area (Å²) in [7, 11) is 0. The van der Waals surface area contributed by atoms with Crippen LogP contribution in [-0.4, -0.2) is 82.7 Å². The van der Waals surface area contributed by atoms with E-state index in [1.807, 2.05) is 0 Å². The first kappa shape index (κ1) is 26.5. The lowest BCUT2D eigenvalue weighted by Gasteiger charge is -2.10. The van der Waals surface area contributed by atoms with Gasteiger partial charge in [0.25, 0.3) is 0 Å². The van der Waals surface area contributed by atoms with Gasteiger partial charge < -0.3 is 34.6 Å². The van der Waals surface area contributed by atoms with Gasteiger partial charge in [0.2, 0.25) is 0 Å². The summed E-state index contributed by atoms with van der Waals surface area (Å²) in [6.07, 6.45) is 0. The maximum Gasteiger partial charge on any atom is 0.339 e. The number of aromatic carboxylic acids is 4. The van der Waals surface area contributed by atoms with Gasteiger partial charge in [0, 0.05) is 0 Å². The number of hydrogen-bond donors (Lipinski definition) is 4. The summed E-state index contributed by atoms with van der Waals surface area (Å²) in [6, 6.07) is 5.78. The predicted octanol–water partition coefficient (Wildman–Crippen LogP) is 1.51. The van der Waals surface area contributed by atoms with Crippen molar-refractivity contribution in [1.82, 2.24) is 0 Å². The molecule has 13 heteroatoms. The van der Waals surface area contributed by atoms with E-state index in [-0.39, 0.29) is 43.1 Å². The first-order valence-electron chi connectivity index (χ1n) is 9.66. The molecule has 0 aromatic heterocycles. The molecule has 0 radical (unpaired) electrons. The molecule has 0 fully saturated rings. The Morgan fingerprint density at radius 2 is 0.943 bits per heavy atom. The van der Waals surface area contributed by atoms with Gasteiger partial charge >= 0.3 is 35.8 Å². The average molecular weight is 490 g/mol.